The molecule has 1 heterocycles. The lowest BCUT2D eigenvalue weighted by molar-refractivity contribution is -0.122. The number of thiazole rings is 1. The number of rotatable bonds is 7. The zero-order valence-corrected chi connectivity index (χ0v) is 12.5. The van der Waals surface area contributed by atoms with Crippen LogP contribution >= 0.6 is 11.3 Å². The van der Waals surface area contributed by atoms with Crippen LogP contribution in [0.25, 0.3) is 0 Å². The third kappa shape index (κ3) is 5.16. The molecule has 19 heavy (non-hydrogen) atoms. The molecule has 1 unspecified atom stereocenters. The van der Waals surface area contributed by atoms with Crippen LogP contribution in [0.5, 0.6) is 0 Å². The lowest BCUT2D eigenvalue weighted by Crippen LogP contribution is -2.39. The summed E-state index contributed by atoms with van der Waals surface area (Å²) in [4.78, 5) is 23.2. The smallest absolute Gasteiger partial charge is 0.307 e. The average molecular weight is 286 g/mol. The molecule has 5 nitrogen and oxygen atoms in total. The van der Waals surface area contributed by atoms with Crippen LogP contribution in [-0.4, -0.2) is 28.2 Å². The van der Waals surface area contributed by atoms with E-state index in [1.54, 1.807) is 9.95 Å². The van der Waals surface area contributed by atoms with Crippen molar-refractivity contribution >= 4 is 17.2 Å². The molecule has 0 saturated heterocycles. The maximum absolute atomic E-state index is 11.8. The Balaban J connectivity index is 2.45. The summed E-state index contributed by atoms with van der Waals surface area (Å²) in [6.07, 6.45) is 1.01. The second-order valence-corrected chi connectivity index (χ2v) is 5.94. The lowest BCUT2D eigenvalue weighted by Gasteiger charge is -2.18. The second kappa shape index (κ2) is 7.45. The fraction of sp³-hybridized carbons (Fsp3) is 0.692. The fourth-order valence-corrected chi connectivity index (χ4v) is 2.70. The highest BCUT2D eigenvalue weighted by molar-refractivity contribution is 7.07. The highest BCUT2D eigenvalue weighted by Crippen LogP contribution is 2.05. The highest BCUT2D eigenvalue weighted by atomic mass is 32.1. The minimum atomic E-state index is -0.201. The molecule has 0 fully saturated rings. The summed E-state index contributed by atoms with van der Waals surface area (Å²) in [5, 5.41) is 13.8. The normalized spacial score (nSPS) is 12.7. The molecule has 1 amide bonds. The van der Waals surface area contributed by atoms with Crippen LogP contribution in [0.2, 0.25) is 0 Å². The lowest BCUT2D eigenvalue weighted by atomic mass is 10.0. The first-order valence-corrected chi connectivity index (χ1v) is 7.37. The van der Waals surface area contributed by atoms with Crippen LogP contribution < -0.4 is 10.2 Å². The van der Waals surface area contributed by atoms with E-state index in [-0.39, 0.29) is 29.8 Å². The Morgan fingerprint density at radius 3 is 2.68 bits per heavy atom. The second-order valence-electron chi connectivity index (χ2n) is 5.12. The van der Waals surface area contributed by atoms with Gasteiger partial charge in [-0.2, -0.15) is 0 Å². The zero-order chi connectivity index (χ0) is 14.4. The summed E-state index contributed by atoms with van der Waals surface area (Å²) >= 11 is 1.15. The summed E-state index contributed by atoms with van der Waals surface area (Å²) in [7, 11) is 0. The van der Waals surface area contributed by atoms with Crippen molar-refractivity contribution in [2.24, 2.45) is 5.92 Å². The number of aliphatic hydroxyl groups excluding tert-OH is 1. The van der Waals surface area contributed by atoms with Crippen LogP contribution in [0, 0.1) is 12.8 Å². The molecule has 0 saturated carbocycles. The molecule has 0 spiro atoms. The van der Waals surface area contributed by atoms with Crippen molar-refractivity contribution in [2.75, 3.05) is 6.61 Å². The van der Waals surface area contributed by atoms with Crippen molar-refractivity contribution in [1.29, 1.82) is 0 Å². The number of hydrogen-bond acceptors (Lipinski definition) is 4. The van der Waals surface area contributed by atoms with Gasteiger partial charge < -0.3 is 15.0 Å². The van der Waals surface area contributed by atoms with Gasteiger partial charge in [-0.05, 0) is 19.3 Å². The third-order valence-electron chi connectivity index (χ3n) is 2.88. The fourth-order valence-electron chi connectivity index (χ4n) is 1.94. The Labute approximate surface area is 117 Å². The van der Waals surface area contributed by atoms with Crippen molar-refractivity contribution in [3.05, 3.63) is 20.7 Å². The molecule has 0 aliphatic rings. The van der Waals surface area contributed by atoms with E-state index in [2.05, 4.69) is 5.32 Å². The Kier molecular flexibility index (Phi) is 6.24. The summed E-state index contributed by atoms with van der Waals surface area (Å²) in [5.74, 6) is 0.288. The van der Waals surface area contributed by atoms with Crippen LogP contribution in [0.3, 0.4) is 0 Å². The van der Waals surface area contributed by atoms with Gasteiger partial charge in [-0.1, -0.05) is 25.2 Å². The Morgan fingerprint density at radius 1 is 1.53 bits per heavy atom. The largest absolute Gasteiger partial charge is 0.394 e. The van der Waals surface area contributed by atoms with Gasteiger partial charge in [-0.25, -0.2) is 0 Å². The number of nitrogens with zero attached hydrogens (tertiary/aromatic N) is 1. The van der Waals surface area contributed by atoms with Crippen molar-refractivity contribution in [2.45, 2.75) is 46.2 Å². The molecule has 6 heteroatoms. The number of carbonyl (C=O) groups excluding carboxylic acids is 1. The van der Waals surface area contributed by atoms with E-state index in [1.165, 1.54) is 0 Å². The number of aliphatic hydroxyl groups is 1. The minimum Gasteiger partial charge on any atom is -0.394 e. The maximum atomic E-state index is 11.8. The van der Waals surface area contributed by atoms with E-state index in [0.717, 1.165) is 23.5 Å². The van der Waals surface area contributed by atoms with E-state index in [1.807, 2.05) is 20.8 Å². The van der Waals surface area contributed by atoms with Gasteiger partial charge >= 0.3 is 4.87 Å². The molecule has 0 radical (unpaired) electrons. The number of carbonyl (C=O) groups is 1. The highest BCUT2D eigenvalue weighted by Gasteiger charge is 2.13. The first-order valence-electron chi connectivity index (χ1n) is 6.49. The summed E-state index contributed by atoms with van der Waals surface area (Å²) in [6.45, 7) is 6.28. The van der Waals surface area contributed by atoms with Gasteiger partial charge in [-0.3, -0.25) is 9.59 Å². The molecule has 1 rings (SSSR count). The standard InChI is InChI=1S/C13H22N2O3S/c1-9(2)6-11(7-16)14-12(17)4-5-15-10(3)8-19-13(15)18/h8-9,11,16H,4-7H2,1-3H3,(H,14,17). The molecule has 2 N–H and O–H groups in total. The van der Waals surface area contributed by atoms with Crippen LogP contribution in [0.15, 0.2) is 10.2 Å². The molecule has 108 valence electrons. The van der Waals surface area contributed by atoms with Gasteiger partial charge in [0.2, 0.25) is 5.91 Å². The van der Waals surface area contributed by atoms with Crippen molar-refractivity contribution in [3.63, 3.8) is 0 Å². The average Bonchev–Trinajstić information content (AvgIpc) is 2.65. The van der Waals surface area contributed by atoms with Crippen molar-refractivity contribution in [3.8, 4) is 0 Å². The quantitative estimate of drug-likeness (QED) is 0.789. The number of hydrogen-bond donors (Lipinski definition) is 2. The Bertz CT molecular complexity index is 465. The maximum Gasteiger partial charge on any atom is 0.307 e. The SMILES string of the molecule is Cc1csc(=O)n1CCC(=O)NC(CO)CC(C)C. The monoisotopic (exact) mass is 286 g/mol. The topological polar surface area (TPSA) is 71.3 Å². The predicted molar refractivity (Wildman–Crippen MR) is 76.4 cm³/mol. The van der Waals surface area contributed by atoms with Gasteiger partial charge in [0, 0.05) is 24.0 Å². The van der Waals surface area contributed by atoms with Gasteiger partial charge in [0.05, 0.1) is 12.6 Å². The number of amides is 1. The van der Waals surface area contributed by atoms with Crippen molar-refractivity contribution in [1.82, 2.24) is 9.88 Å². The Hall–Kier alpha value is -1.14. The zero-order valence-electron chi connectivity index (χ0n) is 11.7. The molecule has 0 aliphatic heterocycles. The van der Waals surface area contributed by atoms with Gasteiger partial charge in [0.15, 0.2) is 0 Å². The summed E-state index contributed by atoms with van der Waals surface area (Å²) < 4.78 is 1.60. The summed E-state index contributed by atoms with van der Waals surface area (Å²) in [5.41, 5.74) is 0.878. The van der Waals surface area contributed by atoms with Crippen LogP contribution in [0.4, 0.5) is 0 Å². The predicted octanol–water partition coefficient (Wildman–Crippen LogP) is 1.13. The summed E-state index contributed by atoms with van der Waals surface area (Å²) in [6, 6.07) is -0.201. The molecular formula is C13H22N2O3S. The van der Waals surface area contributed by atoms with Gasteiger partial charge in [-0.15, -0.1) is 0 Å². The molecular weight excluding hydrogens is 264 g/mol. The Morgan fingerprint density at radius 2 is 2.21 bits per heavy atom. The molecule has 0 aliphatic carbocycles. The molecule has 0 bridgehead atoms. The van der Waals surface area contributed by atoms with E-state index < -0.39 is 0 Å². The minimum absolute atomic E-state index is 0.0359. The number of aryl methyl sites for hydroxylation is 1. The number of aromatic nitrogens is 1. The van der Waals surface area contributed by atoms with E-state index >= 15 is 0 Å². The first kappa shape index (κ1) is 15.9. The molecule has 1 aromatic rings. The van der Waals surface area contributed by atoms with Crippen molar-refractivity contribution < 1.29 is 9.90 Å². The molecule has 1 aromatic heterocycles. The first-order chi connectivity index (χ1) is 8.93. The van der Waals surface area contributed by atoms with E-state index in [0.29, 0.717) is 12.5 Å². The molecule has 0 aromatic carbocycles. The van der Waals surface area contributed by atoms with Crippen LogP contribution in [0.1, 0.15) is 32.4 Å². The van der Waals surface area contributed by atoms with E-state index in [4.69, 9.17) is 0 Å². The molecule has 1 atom stereocenters. The van der Waals surface area contributed by atoms with Crippen LogP contribution in [-0.2, 0) is 11.3 Å². The van der Waals surface area contributed by atoms with E-state index in [9.17, 15) is 14.7 Å². The van der Waals surface area contributed by atoms with Gasteiger partial charge in [0.25, 0.3) is 0 Å². The number of nitrogens with one attached hydrogen (secondary N) is 1. The van der Waals surface area contributed by atoms with Gasteiger partial charge in [0.1, 0.15) is 0 Å². The third-order valence-corrected chi connectivity index (χ3v) is 3.76.